The number of aromatic nitrogens is 2. The number of piperidine rings is 1. The summed E-state index contributed by atoms with van der Waals surface area (Å²) < 4.78 is 1.87. The van der Waals surface area contributed by atoms with Crippen LogP contribution in [0.15, 0.2) is 36.8 Å². The smallest absolute Gasteiger partial charge is 0.234 e. The number of carbonyl (C=O) groups is 2. The van der Waals surface area contributed by atoms with Crippen molar-refractivity contribution in [1.29, 1.82) is 0 Å². The molecular formula is C16H17N3O2. The average Bonchev–Trinajstić information content (AvgIpc) is 2.85. The molecule has 2 aromatic rings. The summed E-state index contributed by atoms with van der Waals surface area (Å²) in [6, 6.07) is 7.89. The molecule has 1 fully saturated rings. The van der Waals surface area contributed by atoms with Crippen LogP contribution >= 0.6 is 0 Å². The highest BCUT2D eigenvalue weighted by molar-refractivity contribution is 6.02. The van der Waals surface area contributed by atoms with Gasteiger partial charge in [-0.15, -0.1) is 0 Å². The Balaban J connectivity index is 2.05. The number of rotatable bonds is 2. The molecule has 0 bridgehead atoms. The predicted octanol–water partition coefficient (Wildman–Crippen LogP) is 1.64. The van der Waals surface area contributed by atoms with Gasteiger partial charge in [0.2, 0.25) is 11.8 Å². The second-order valence-corrected chi connectivity index (χ2v) is 5.54. The molecule has 1 aromatic carbocycles. The van der Waals surface area contributed by atoms with Crippen LogP contribution in [0.2, 0.25) is 0 Å². The highest BCUT2D eigenvalue weighted by Gasteiger charge is 2.39. The number of hydrogen-bond acceptors (Lipinski definition) is 3. The van der Waals surface area contributed by atoms with Crippen LogP contribution in [0.5, 0.6) is 0 Å². The van der Waals surface area contributed by atoms with E-state index in [0.29, 0.717) is 6.42 Å². The molecule has 1 N–H and O–H groups in total. The minimum Gasteiger partial charge on any atom is -0.337 e. The van der Waals surface area contributed by atoms with Crippen LogP contribution in [-0.2, 0) is 16.6 Å². The Kier molecular flexibility index (Phi) is 3.33. The van der Waals surface area contributed by atoms with Crippen LogP contribution in [0.1, 0.15) is 35.1 Å². The molecule has 2 heterocycles. The minimum atomic E-state index is -0.362. The summed E-state index contributed by atoms with van der Waals surface area (Å²) in [6.45, 7) is 2.01. The fraction of sp³-hybridized carbons (Fsp3) is 0.312. The van der Waals surface area contributed by atoms with E-state index < -0.39 is 0 Å². The maximum Gasteiger partial charge on any atom is 0.234 e. The second kappa shape index (κ2) is 5.16. The van der Waals surface area contributed by atoms with Gasteiger partial charge in [-0.2, -0.15) is 0 Å². The number of nitrogens with zero attached hydrogens (tertiary/aromatic N) is 2. The first-order valence-corrected chi connectivity index (χ1v) is 6.92. The lowest BCUT2D eigenvalue weighted by molar-refractivity contribution is -0.135. The van der Waals surface area contributed by atoms with Crippen LogP contribution in [0.4, 0.5) is 0 Å². The molecule has 0 saturated carbocycles. The third-order valence-electron chi connectivity index (χ3n) is 4.02. The molecule has 5 nitrogen and oxygen atoms in total. The average molecular weight is 283 g/mol. The lowest BCUT2D eigenvalue weighted by Gasteiger charge is -2.30. The molecule has 0 aliphatic carbocycles. The van der Waals surface area contributed by atoms with Crippen molar-refractivity contribution in [3.63, 3.8) is 0 Å². The van der Waals surface area contributed by atoms with E-state index >= 15 is 0 Å². The zero-order valence-electron chi connectivity index (χ0n) is 12.0. The van der Waals surface area contributed by atoms with Crippen LogP contribution in [0, 0.1) is 6.92 Å². The molecule has 5 heteroatoms. The van der Waals surface area contributed by atoms with E-state index in [1.54, 1.807) is 12.5 Å². The van der Waals surface area contributed by atoms with E-state index in [0.717, 1.165) is 16.8 Å². The van der Waals surface area contributed by atoms with Crippen molar-refractivity contribution >= 4 is 11.8 Å². The summed E-state index contributed by atoms with van der Waals surface area (Å²) in [7, 11) is 1.88. The number of hydrogen-bond donors (Lipinski definition) is 1. The number of imide groups is 1. The minimum absolute atomic E-state index is 0.179. The van der Waals surface area contributed by atoms with Crippen molar-refractivity contribution in [2.24, 2.45) is 7.05 Å². The number of carbonyl (C=O) groups excluding carboxylic acids is 2. The van der Waals surface area contributed by atoms with Gasteiger partial charge in [0.1, 0.15) is 0 Å². The monoisotopic (exact) mass is 283 g/mol. The van der Waals surface area contributed by atoms with Crippen molar-refractivity contribution in [1.82, 2.24) is 14.9 Å². The third-order valence-corrected chi connectivity index (χ3v) is 4.02. The topological polar surface area (TPSA) is 64.0 Å². The molecule has 108 valence electrons. The van der Waals surface area contributed by atoms with Crippen molar-refractivity contribution < 1.29 is 9.59 Å². The number of imidazole rings is 1. The summed E-state index contributed by atoms with van der Waals surface area (Å²) in [4.78, 5) is 28.2. The van der Waals surface area contributed by atoms with E-state index in [9.17, 15) is 9.59 Å². The Morgan fingerprint density at radius 3 is 2.57 bits per heavy atom. The van der Waals surface area contributed by atoms with E-state index in [1.165, 1.54) is 0 Å². The summed E-state index contributed by atoms with van der Waals surface area (Å²) in [6.07, 6.45) is 3.72. The highest BCUT2D eigenvalue weighted by Crippen LogP contribution is 2.38. The third kappa shape index (κ3) is 2.46. The Morgan fingerprint density at radius 1 is 1.24 bits per heavy atom. The first-order valence-electron chi connectivity index (χ1n) is 6.92. The Hall–Kier alpha value is -2.43. The van der Waals surface area contributed by atoms with Crippen molar-refractivity contribution in [3.8, 4) is 0 Å². The molecule has 0 spiro atoms. The standard InChI is InChI=1S/C16H17N3O2/c1-10-3-5-11(6-4-10)15-12(7-14(20)18-16(15)21)13-8-17-9-19(13)2/h3-6,8-9,12,15H,7H2,1-2H3,(H,18,20,21). The maximum absolute atomic E-state index is 12.3. The molecule has 1 saturated heterocycles. The van der Waals surface area contributed by atoms with Gasteiger partial charge in [-0.05, 0) is 12.5 Å². The number of benzene rings is 1. The van der Waals surface area contributed by atoms with E-state index in [2.05, 4.69) is 10.3 Å². The van der Waals surface area contributed by atoms with Gasteiger partial charge in [0.05, 0.1) is 12.2 Å². The zero-order chi connectivity index (χ0) is 15.0. The van der Waals surface area contributed by atoms with Gasteiger partial charge in [0.15, 0.2) is 0 Å². The first kappa shape index (κ1) is 13.5. The van der Waals surface area contributed by atoms with E-state index in [4.69, 9.17) is 0 Å². The van der Waals surface area contributed by atoms with Gasteiger partial charge in [0, 0.05) is 31.3 Å². The van der Waals surface area contributed by atoms with Gasteiger partial charge in [-0.1, -0.05) is 29.8 Å². The Morgan fingerprint density at radius 2 is 1.95 bits per heavy atom. The number of aryl methyl sites for hydroxylation is 2. The molecule has 0 radical (unpaired) electrons. The largest absolute Gasteiger partial charge is 0.337 e. The molecular weight excluding hydrogens is 266 g/mol. The van der Waals surface area contributed by atoms with Crippen LogP contribution in [0.3, 0.4) is 0 Å². The lowest BCUT2D eigenvalue weighted by Crippen LogP contribution is -2.43. The quantitative estimate of drug-likeness (QED) is 0.852. The molecule has 1 aliphatic heterocycles. The van der Waals surface area contributed by atoms with Gasteiger partial charge in [-0.3, -0.25) is 14.9 Å². The van der Waals surface area contributed by atoms with Crippen molar-refractivity contribution in [3.05, 3.63) is 53.6 Å². The molecule has 3 rings (SSSR count). The molecule has 21 heavy (non-hydrogen) atoms. The summed E-state index contributed by atoms with van der Waals surface area (Å²) >= 11 is 0. The molecule has 2 amide bonds. The second-order valence-electron chi connectivity index (χ2n) is 5.54. The van der Waals surface area contributed by atoms with Crippen molar-refractivity contribution in [2.75, 3.05) is 0 Å². The number of nitrogens with one attached hydrogen (secondary N) is 1. The fourth-order valence-electron chi connectivity index (χ4n) is 2.92. The summed E-state index contributed by atoms with van der Waals surface area (Å²) in [5.41, 5.74) is 2.98. The van der Waals surface area contributed by atoms with E-state index in [1.807, 2.05) is 42.8 Å². The lowest BCUT2D eigenvalue weighted by atomic mass is 9.78. The summed E-state index contributed by atoms with van der Waals surface area (Å²) in [5.74, 6) is -1.00. The van der Waals surface area contributed by atoms with Gasteiger partial charge in [0.25, 0.3) is 0 Å². The highest BCUT2D eigenvalue weighted by atomic mass is 16.2. The van der Waals surface area contributed by atoms with Gasteiger partial charge in [-0.25, -0.2) is 4.98 Å². The van der Waals surface area contributed by atoms with Gasteiger partial charge >= 0.3 is 0 Å². The molecule has 1 aliphatic rings. The van der Waals surface area contributed by atoms with Crippen molar-refractivity contribution in [2.45, 2.75) is 25.2 Å². The number of amides is 2. The summed E-state index contributed by atoms with van der Waals surface area (Å²) in [5, 5.41) is 2.45. The molecule has 1 aromatic heterocycles. The Bertz CT molecular complexity index is 688. The molecule has 2 atom stereocenters. The van der Waals surface area contributed by atoms with Gasteiger partial charge < -0.3 is 4.57 Å². The first-order chi connectivity index (χ1) is 10.1. The fourth-order valence-corrected chi connectivity index (χ4v) is 2.92. The normalized spacial score (nSPS) is 22.2. The van der Waals surface area contributed by atoms with E-state index in [-0.39, 0.29) is 23.7 Å². The zero-order valence-corrected chi connectivity index (χ0v) is 12.0. The van der Waals surface area contributed by atoms with Crippen LogP contribution < -0.4 is 5.32 Å². The Labute approximate surface area is 123 Å². The maximum atomic E-state index is 12.3. The van der Waals surface area contributed by atoms with Crippen LogP contribution in [-0.4, -0.2) is 21.4 Å². The molecule has 2 unspecified atom stereocenters. The predicted molar refractivity (Wildman–Crippen MR) is 77.6 cm³/mol. The SMILES string of the molecule is Cc1ccc(C2C(=O)NC(=O)CC2c2cncn2C)cc1. The van der Waals surface area contributed by atoms with Crippen LogP contribution in [0.25, 0.3) is 0 Å².